The van der Waals surface area contributed by atoms with E-state index < -0.39 is 0 Å². The largest absolute Gasteiger partial charge is 0.494 e. The fourth-order valence-corrected chi connectivity index (χ4v) is 1.24. The summed E-state index contributed by atoms with van der Waals surface area (Å²) in [5, 5.41) is 7.77. The Kier molecular flexibility index (Phi) is 2.62. The predicted molar refractivity (Wildman–Crippen MR) is 55.1 cm³/mol. The van der Waals surface area contributed by atoms with Gasteiger partial charge in [-0.25, -0.2) is 0 Å². The second kappa shape index (κ2) is 4.08. The molecule has 5 nitrogen and oxygen atoms in total. The molecule has 0 radical (unpaired) electrons. The maximum Gasteiger partial charge on any atom is 0.335 e. The van der Waals surface area contributed by atoms with Crippen LogP contribution in [0.1, 0.15) is 6.92 Å². The Hall–Kier alpha value is -1.91. The molecule has 0 amide bonds. The van der Waals surface area contributed by atoms with Gasteiger partial charge in [-0.1, -0.05) is 5.10 Å². The van der Waals surface area contributed by atoms with Crippen LogP contribution in [0.4, 0.5) is 0 Å². The zero-order chi connectivity index (χ0) is 10.7. The summed E-state index contributed by atoms with van der Waals surface area (Å²) >= 11 is 0. The zero-order valence-electron chi connectivity index (χ0n) is 8.60. The van der Waals surface area contributed by atoms with E-state index >= 15 is 0 Å². The van der Waals surface area contributed by atoms with Gasteiger partial charge in [0.25, 0.3) is 0 Å². The molecular formula is C10H11N3O2. The van der Waals surface area contributed by atoms with E-state index in [1.54, 1.807) is 6.07 Å². The van der Waals surface area contributed by atoms with Crippen molar-refractivity contribution in [3.8, 4) is 11.8 Å². The molecule has 0 unspecified atom stereocenters. The lowest BCUT2D eigenvalue weighted by atomic mass is 10.3. The number of hydrogen-bond donors (Lipinski definition) is 0. The van der Waals surface area contributed by atoms with Crippen molar-refractivity contribution in [3.63, 3.8) is 0 Å². The molecule has 2 rings (SSSR count). The average molecular weight is 205 g/mol. The van der Waals surface area contributed by atoms with Crippen LogP contribution >= 0.6 is 0 Å². The summed E-state index contributed by atoms with van der Waals surface area (Å²) in [6.45, 7) is 2.56. The summed E-state index contributed by atoms with van der Waals surface area (Å²) in [7, 11) is 1.51. The van der Waals surface area contributed by atoms with Crippen molar-refractivity contribution in [1.82, 2.24) is 15.2 Å². The van der Waals surface area contributed by atoms with Crippen LogP contribution in [-0.2, 0) is 0 Å². The summed E-state index contributed by atoms with van der Waals surface area (Å²) in [6.07, 6.45) is 0. The van der Waals surface area contributed by atoms with Gasteiger partial charge in [0.05, 0.1) is 19.2 Å². The normalized spacial score (nSPS) is 10.3. The lowest BCUT2D eigenvalue weighted by Crippen LogP contribution is -1.96. The van der Waals surface area contributed by atoms with Gasteiger partial charge in [-0.3, -0.25) is 0 Å². The van der Waals surface area contributed by atoms with Gasteiger partial charge in [0.1, 0.15) is 11.3 Å². The van der Waals surface area contributed by atoms with Crippen LogP contribution < -0.4 is 9.47 Å². The van der Waals surface area contributed by atoms with Crippen molar-refractivity contribution >= 4 is 11.0 Å². The van der Waals surface area contributed by atoms with E-state index in [0.717, 1.165) is 11.3 Å². The van der Waals surface area contributed by atoms with Crippen molar-refractivity contribution in [3.05, 3.63) is 18.2 Å². The van der Waals surface area contributed by atoms with Gasteiger partial charge in [-0.05, 0) is 19.1 Å². The Bertz CT molecular complexity index is 473. The van der Waals surface area contributed by atoms with Crippen LogP contribution in [0, 0.1) is 0 Å². The molecule has 78 valence electrons. The Morgan fingerprint density at radius 2 is 2.07 bits per heavy atom. The molecule has 0 fully saturated rings. The number of hydrogen-bond acceptors (Lipinski definition) is 5. The Labute approximate surface area is 87.1 Å². The maximum absolute atomic E-state index is 5.34. The molecule has 0 aliphatic heterocycles. The van der Waals surface area contributed by atoms with Crippen LogP contribution in [0.3, 0.4) is 0 Å². The molecule has 1 aromatic carbocycles. The first-order chi connectivity index (χ1) is 7.33. The van der Waals surface area contributed by atoms with E-state index in [9.17, 15) is 0 Å². The predicted octanol–water partition coefficient (Wildman–Crippen LogP) is 1.43. The van der Waals surface area contributed by atoms with Crippen molar-refractivity contribution < 1.29 is 9.47 Å². The molecule has 2 aromatic rings. The first-order valence-electron chi connectivity index (χ1n) is 4.64. The fraction of sp³-hybridized carbons (Fsp3) is 0.300. The molecule has 0 aliphatic carbocycles. The van der Waals surface area contributed by atoms with Crippen LogP contribution in [0.25, 0.3) is 11.0 Å². The monoisotopic (exact) mass is 205 g/mol. The Balaban J connectivity index is 2.45. The number of aromatic nitrogens is 3. The van der Waals surface area contributed by atoms with Gasteiger partial charge in [-0.2, -0.15) is 4.98 Å². The molecule has 0 N–H and O–H groups in total. The number of fused-ring (bicyclic) bond motifs is 1. The average Bonchev–Trinajstić information content (AvgIpc) is 2.29. The number of rotatable bonds is 3. The summed E-state index contributed by atoms with van der Waals surface area (Å²) in [6, 6.07) is 5.75. The van der Waals surface area contributed by atoms with Crippen LogP contribution in [-0.4, -0.2) is 28.9 Å². The molecule has 0 aliphatic rings. The van der Waals surface area contributed by atoms with Crippen LogP contribution in [0.15, 0.2) is 18.2 Å². The van der Waals surface area contributed by atoms with Crippen molar-refractivity contribution in [1.29, 1.82) is 0 Å². The fourth-order valence-electron chi connectivity index (χ4n) is 1.24. The van der Waals surface area contributed by atoms with Crippen molar-refractivity contribution in [2.24, 2.45) is 0 Å². The first kappa shape index (κ1) is 9.64. The van der Waals surface area contributed by atoms with Crippen molar-refractivity contribution in [2.75, 3.05) is 13.7 Å². The second-order valence-corrected chi connectivity index (χ2v) is 2.88. The summed E-state index contributed by atoms with van der Waals surface area (Å²) in [5.41, 5.74) is 1.44. The third-order valence-electron chi connectivity index (χ3n) is 1.90. The summed E-state index contributed by atoms with van der Waals surface area (Å²) in [4.78, 5) is 4.14. The molecule has 0 spiro atoms. The topological polar surface area (TPSA) is 57.1 Å². The van der Waals surface area contributed by atoms with E-state index in [1.807, 2.05) is 19.1 Å². The minimum atomic E-state index is 0.270. The Morgan fingerprint density at radius 3 is 2.80 bits per heavy atom. The second-order valence-electron chi connectivity index (χ2n) is 2.88. The van der Waals surface area contributed by atoms with Gasteiger partial charge >= 0.3 is 6.01 Å². The van der Waals surface area contributed by atoms with Gasteiger partial charge in [-0.15, -0.1) is 5.10 Å². The molecule has 0 saturated carbocycles. The standard InChI is InChI=1S/C10H11N3O2/c1-3-15-7-4-5-8-9(6-7)12-13-10(11-8)14-2/h4-6H,3H2,1-2H3. The first-order valence-corrected chi connectivity index (χ1v) is 4.64. The number of benzene rings is 1. The van der Waals surface area contributed by atoms with Crippen LogP contribution in [0.2, 0.25) is 0 Å². The van der Waals surface area contributed by atoms with Crippen LogP contribution in [0.5, 0.6) is 11.8 Å². The van der Waals surface area contributed by atoms with Gasteiger partial charge in [0, 0.05) is 6.07 Å². The highest BCUT2D eigenvalue weighted by Gasteiger charge is 2.02. The SMILES string of the molecule is CCOc1ccc2nc(OC)nnc2c1. The highest BCUT2D eigenvalue weighted by molar-refractivity contribution is 5.75. The molecule has 0 bridgehead atoms. The zero-order valence-corrected chi connectivity index (χ0v) is 8.60. The third-order valence-corrected chi connectivity index (χ3v) is 1.90. The summed E-state index contributed by atoms with van der Waals surface area (Å²) in [5.74, 6) is 0.770. The molecule has 15 heavy (non-hydrogen) atoms. The number of ether oxygens (including phenoxy) is 2. The highest BCUT2D eigenvalue weighted by atomic mass is 16.5. The molecular weight excluding hydrogens is 194 g/mol. The number of nitrogens with zero attached hydrogens (tertiary/aromatic N) is 3. The minimum absolute atomic E-state index is 0.270. The third kappa shape index (κ3) is 1.96. The Morgan fingerprint density at radius 1 is 1.20 bits per heavy atom. The highest BCUT2D eigenvalue weighted by Crippen LogP contribution is 2.18. The van der Waals surface area contributed by atoms with Gasteiger partial charge < -0.3 is 9.47 Å². The summed E-state index contributed by atoms with van der Waals surface area (Å²) < 4.78 is 10.2. The molecule has 1 heterocycles. The van der Waals surface area contributed by atoms with E-state index in [2.05, 4.69) is 15.2 Å². The van der Waals surface area contributed by atoms with Crippen molar-refractivity contribution in [2.45, 2.75) is 6.92 Å². The van der Waals surface area contributed by atoms with Gasteiger partial charge in [0.2, 0.25) is 0 Å². The minimum Gasteiger partial charge on any atom is -0.494 e. The quantitative estimate of drug-likeness (QED) is 0.758. The van der Waals surface area contributed by atoms with E-state index in [-0.39, 0.29) is 6.01 Å². The lowest BCUT2D eigenvalue weighted by molar-refractivity contribution is 0.340. The van der Waals surface area contributed by atoms with E-state index in [4.69, 9.17) is 9.47 Å². The molecule has 1 aromatic heterocycles. The molecule has 0 saturated heterocycles. The lowest BCUT2D eigenvalue weighted by Gasteiger charge is -2.03. The van der Waals surface area contributed by atoms with Gasteiger partial charge in [0.15, 0.2) is 0 Å². The maximum atomic E-state index is 5.34. The smallest absolute Gasteiger partial charge is 0.335 e. The molecule has 0 atom stereocenters. The number of methoxy groups -OCH3 is 1. The van der Waals surface area contributed by atoms with E-state index in [0.29, 0.717) is 12.1 Å². The molecule has 5 heteroatoms. The van der Waals surface area contributed by atoms with E-state index in [1.165, 1.54) is 7.11 Å².